The summed E-state index contributed by atoms with van der Waals surface area (Å²) in [5.74, 6) is 1.07. The van der Waals surface area contributed by atoms with Crippen LogP contribution in [0.2, 0.25) is 0 Å². The molecule has 1 aliphatic heterocycles. The van der Waals surface area contributed by atoms with E-state index in [2.05, 4.69) is 41.4 Å². The molecule has 0 atom stereocenters. The van der Waals surface area contributed by atoms with Crippen LogP contribution in [0, 0.1) is 20.8 Å². The maximum atomic E-state index is 13.0. The lowest BCUT2D eigenvalue weighted by Crippen LogP contribution is -2.36. The molecule has 0 spiro atoms. The van der Waals surface area contributed by atoms with Gasteiger partial charge in [-0.05, 0) is 46.3 Å². The zero-order valence-electron chi connectivity index (χ0n) is 23.0. The van der Waals surface area contributed by atoms with E-state index in [0.717, 1.165) is 35.7 Å². The van der Waals surface area contributed by atoms with Gasteiger partial charge in [0.25, 0.3) is 0 Å². The summed E-state index contributed by atoms with van der Waals surface area (Å²) in [5.41, 5.74) is 6.76. The van der Waals surface area contributed by atoms with Crippen LogP contribution in [0.1, 0.15) is 41.9 Å². The van der Waals surface area contributed by atoms with Crippen LogP contribution in [0.3, 0.4) is 0 Å². The number of benzene rings is 2. The second-order valence-corrected chi connectivity index (χ2v) is 9.33. The first-order chi connectivity index (χ1) is 18.4. The molecule has 1 N–H and O–H groups in total. The van der Waals surface area contributed by atoms with Gasteiger partial charge < -0.3 is 24.4 Å². The molecule has 8 heteroatoms. The molecule has 2 heterocycles. The summed E-state index contributed by atoms with van der Waals surface area (Å²) in [6, 6.07) is 12.2. The normalized spacial score (nSPS) is 13.7. The highest BCUT2D eigenvalue weighted by molar-refractivity contribution is 6.03. The molecule has 202 valence electrons. The quantitative estimate of drug-likeness (QED) is 0.375. The van der Waals surface area contributed by atoms with E-state index in [4.69, 9.17) is 19.3 Å². The van der Waals surface area contributed by atoms with E-state index < -0.39 is 0 Å². The Hall–Kier alpha value is -3.78. The minimum Gasteiger partial charge on any atom is -0.492 e. The number of hydrogen-bond acceptors (Lipinski definition) is 6. The van der Waals surface area contributed by atoms with Gasteiger partial charge in [-0.3, -0.25) is 9.48 Å². The molecule has 4 rings (SSSR count). The van der Waals surface area contributed by atoms with Crippen molar-refractivity contribution < 1.29 is 19.0 Å². The number of aryl methyl sites for hydroxylation is 2. The molecule has 0 bridgehead atoms. The number of rotatable bonds is 10. The van der Waals surface area contributed by atoms with Gasteiger partial charge in [-0.1, -0.05) is 29.8 Å². The molecule has 0 saturated carbocycles. The summed E-state index contributed by atoms with van der Waals surface area (Å²) in [6.07, 6.45) is 3.36. The van der Waals surface area contributed by atoms with Crippen molar-refractivity contribution >= 4 is 23.4 Å². The van der Waals surface area contributed by atoms with E-state index in [0.29, 0.717) is 50.2 Å². The Labute approximate surface area is 225 Å². The molecule has 1 aliphatic rings. The number of morpholine rings is 1. The van der Waals surface area contributed by atoms with Crippen LogP contribution >= 0.6 is 0 Å². The molecule has 2 aromatic carbocycles. The van der Waals surface area contributed by atoms with E-state index >= 15 is 0 Å². The molecular formula is C30H38N4O4. The van der Waals surface area contributed by atoms with Crippen LogP contribution in [0.4, 0.5) is 11.4 Å². The molecule has 38 heavy (non-hydrogen) atoms. The number of hydrogen-bond donors (Lipinski definition) is 1. The second kappa shape index (κ2) is 12.6. The first kappa shape index (κ1) is 27.3. The summed E-state index contributed by atoms with van der Waals surface area (Å²) in [4.78, 5) is 15.2. The standard InChI is InChI=1S/C30H38N4O4/c1-6-37-28-19-27(33-14-16-36-17-15-33)29(38-7-2)18-26(28)31-30(35)13-12-25-22(4)32-34(23(25)5)20-24-10-8-21(3)9-11-24/h8-13,18-19H,6-7,14-17,20H2,1-5H3,(H,31,35). The molecular weight excluding hydrogens is 480 g/mol. The number of amides is 1. The monoisotopic (exact) mass is 518 g/mol. The Morgan fingerprint density at radius 2 is 1.71 bits per heavy atom. The van der Waals surface area contributed by atoms with Crippen molar-refractivity contribution in [1.29, 1.82) is 0 Å². The summed E-state index contributed by atoms with van der Waals surface area (Å²) in [7, 11) is 0. The van der Waals surface area contributed by atoms with Crippen LogP contribution in [-0.4, -0.2) is 55.2 Å². The Bertz CT molecular complexity index is 1270. The zero-order valence-corrected chi connectivity index (χ0v) is 23.0. The summed E-state index contributed by atoms with van der Waals surface area (Å²) in [6.45, 7) is 14.5. The van der Waals surface area contributed by atoms with Crippen LogP contribution in [0.5, 0.6) is 11.5 Å². The van der Waals surface area contributed by atoms with Gasteiger partial charge in [0, 0.05) is 42.6 Å². The predicted octanol–water partition coefficient (Wildman–Crippen LogP) is 5.14. The van der Waals surface area contributed by atoms with E-state index in [9.17, 15) is 4.79 Å². The maximum absolute atomic E-state index is 13.0. The van der Waals surface area contributed by atoms with E-state index in [1.165, 1.54) is 11.1 Å². The minimum absolute atomic E-state index is 0.252. The molecule has 1 saturated heterocycles. The van der Waals surface area contributed by atoms with E-state index in [-0.39, 0.29) is 5.91 Å². The smallest absolute Gasteiger partial charge is 0.248 e. The average molecular weight is 519 g/mol. The molecule has 1 fully saturated rings. The highest BCUT2D eigenvalue weighted by atomic mass is 16.5. The van der Waals surface area contributed by atoms with E-state index in [1.807, 2.05) is 50.6 Å². The number of ether oxygens (including phenoxy) is 3. The van der Waals surface area contributed by atoms with E-state index in [1.54, 1.807) is 6.08 Å². The predicted molar refractivity (Wildman–Crippen MR) is 151 cm³/mol. The van der Waals surface area contributed by atoms with Crippen LogP contribution in [-0.2, 0) is 16.1 Å². The lowest BCUT2D eigenvalue weighted by atomic mass is 10.1. The van der Waals surface area contributed by atoms with Crippen molar-refractivity contribution in [1.82, 2.24) is 9.78 Å². The largest absolute Gasteiger partial charge is 0.492 e. The van der Waals surface area contributed by atoms with Gasteiger partial charge in [0.1, 0.15) is 11.5 Å². The van der Waals surface area contributed by atoms with Gasteiger partial charge in [0.2, 0.25) is 5.91 Å². The number of nitrogens with one attached hydrogen (secondary N) is 1. The Kier molecular flexibility index (Phi) is 9.07. The Balaban J connectivity index is 1.53. The van der Waals surface area contributed by atoms with Crippen molar-refractivity contribution in [3.63, 3.8) is 0 Å². The van der Waals surface area contributed by atoms with Crippen molar-refractivity contribution in [2.75, 3.05) is 49.7 Å². The molecule has 0 unspecified atom stereocenters. The number of anilines is 2. The van der Waals surface area contributed by atoms with Gasteiger partial charge in [0.15, 0.2) is 0 Å². The molecule has 8 nitrogen and oxygen atoms in total. The first-order valence-electron chi connectivity index (χ1n) is 13.2. The topological polar surface area (TPSA) is 77.8 Å². The molecule has 1 aromatic heterocycles. The number of carbonyl (C=O) groups excluding carboxylic acids is 1. The van der Waals surface area contributed by atoms with Crippen molar-refractivity contribution in [3.05, 3.63) is 70.6 Å². The highest BCUT2D eigenvalue weighted by Gasteiger charge is 2.20. The molecule has 0 radical (unpaired) electrons. The van der Waals surface area contributed by atoms with Gasteiger partial charge in [-0.15, -0.1) is 0 Å². The molecule has 0 aliphatic carbocycles. The summed E-state index contributed by atoms with van der Waals surface area (Å²) in [5, 5.41) is 7.68. The molecule has 3 aromatic rings. The van der Waals surface area contributed by atoms with Gasteiger partial charge in [-0.2, -0.15) is 5.10 Å². The third kappa shape index (κ3) is 6.55. The van der Waals surface area contributed by atoms with Crippen LogP contribution < -0.4 is 19.7 Å². The van der Waals surface area contributed by atoms with Gasteiger partial charge in [-0.25, -0.2) is 0 Å². The Morgan fingerprint density at radius 1 is 1.03 bits per heavy atom. The summed E-state index contributed by atoms with van der Waals surface area (Å²) < 4.78 is 19.3. The lowest BCUT2D eigenvalue weighted by molar-refractivity contribution is -0.111. The van der Waals surface area contributed by atoms with Crippen molar-refractivity contribution in [2.24, 2.45) is 0 Å². The summed E-state index contributed by atoms with van der Waals surface area (Å²) >= 11 is 0. The first-order valence-corrected chi connectivity index (χ1v) is 13.2. The van der Waals surface area contributed by atoms with Crippen molar-refractivity contribution in [2.45, 2.75) is 41.2 Å². The SMILES string of the molecule is CCOc1cc(N2CCOCC2)c(OCC)cc1NC(=O)C=Cc1c(C)nn(Cc2ccc(C)cc2)c1C. The number of nitrogens with zero attached hydrogens (tertiary/aromatic N) is 3. The maximum Gasteiger partial charge on any atom is 0.248 e. The average Bonchev–Trinajstić information content (AvgIpc) is 3.18. The van der Waals surface area contributed by atoms with Crippen LogP contribution in [0.25, 0.3) is 6.08 Å². The fourth-order valence-corrected chi connectivity index (χ4v) is 4.55. The second-order valence-electron chi connectivity index (χ2n) is 9.33. The highest BCUT2D eigenvalue weighted by Crippen LogP contribution is 2.39. The van der Waals surface area contributed by atoms with Crippen LogP contribution in [0.15, 0.2) is 42.5 Å². The zero-order chi connectivity index (χ0) is 27.1. The third-order valence-electron chi connectivity index (χ3n) is 6.56. The molecule has 1 amide bonds. The minimum atomic E-state index is -0.252. The van der Waals surface area contributed by atoms with Gasteiger partial charge >= 0.3 is 0 Å². The lowest BCUT2D eigenvalue weighted by Gasteiger charge is -2.31. The third-order valence-corrected chi connectivity index (χ3v) is 6.56. The number of aromatic nitrogens is 2. The Morgan fingerprint density at radius 3 is 2.39 bits per heavy atom. The van der Waals surface area contributed by atoms with Crippen molar-refractivity contribution in [3.8, 4) is 11.5 Å². The van der Waals surface area contributed by atoms with Gasteiger partial charge in [0.05, 0.1) is 50.0 Å². The number of carbonyl (C=O) groups is 1. The fourth-order valence-electron chi connectivity index (χ4n) is 4.55. The fraction of sp³-hybridized carbons (Fsp3) is 0.400.